The fourth-order valence-electron chi connectivity index (χ4n) is 4.01. The summed E-state index contributed by atoms with van der Waals surface area (Å²) >= 11 is 0. The minimum Gasteiger partial charge on any atom is -0.493 e. The van der Waals surface area contributed by atoms with Crippen LogP contribution in [0.5, 0.6) is 17.2 Å². The molecule has 0 spiro atoms. The molecule has 3 aromatic carbocycles. The van der Waals surface area contributed by atoms with E-state index in [0.717, 1.165) is 19.1 Å². The van der Waals surface area contributed by atoms with Crippen LogP contribution < -0.4 is 25.5 Å². The van der Waals surface area contributed by atoms with Crippen LogP contribution in [0, 0.1) is 29.1 Å². The maximum atomic E-state index is 13.9. The van der Waals surface area contributed by atoms with E-state index in [1.165, 1.54) is 25.3 Å². The number of para-hydroxylation sites is 1. The molecule has 2 heterocycles. The summed E-state index contributed by atoms with van der Waals surface area (Å²) in [6.45, 7) is 0.952. The number of halogens is 5. The number of fused-ring (bicyclic) bond motifs is 2. The van der Waals surface area contributed by atoms with Gasteiger partial charge in [-0.15, -0.1) is 0 Å². The van der Waals surface area contributed by atoms with Crippen LogP contribution in [0.2, 0.25) is 0 Å². The SMILES string of the molecule is COc1cccc2cc(-c3cc(=O)oc4cc(OC(=O)C(C)Oc5c(F)c(F)c(F)c(F)c5F)ccc34)c(=O)oc12. The Morgan fingerprint density at radius 2 is 1.51 bits per heavy atom. The number of rotatable bonds is 6. The molecule has 5 rings (SSSR count). The molecule has 0 aliphatic heterocycles. The first-order valence-electron chi connectivity index (χ1n) is 11.6. The summed E-state index contributed by atoms with van der Waals surface area (Å²) in [7, 11) is 1.41. The predicted molar refractivity (Wildman–Crippen MR) is 132 cm³/mol. The van der Waals surface area contributed by atoms with Gasteiger partial charge in [0.15, 0.2) is 23.2 Å². The van der Waals surface area contributed by atoms with Gasteiger partial charge in [0.2, 0.25) is 29.1 Å². The van der Waals surface area contributed by atoms with E-state index in [9.17, 15) is 36.3 Å². The van der Waals surface area contributed by atoms with Crippen molar-refractivity contribution < 1.29 is 49.8 Å². The molecule has 0 fully saturated rings. The van der Waals surface area contributed by atoms with Crippen LogP contribution >= 0.6 is 0 Å². The molecule has 41 heavy (non-hydrogen) atoms. The first kappa shape index (κ1) is 27.4. The molecule has 0 saturated heterocycles. The van der Waals surface area contributed by atoms with Gasteiger partial charge in [0.25, 0.3) is 0 Å². The van der Waals surface area contributed by atoms with Gasteiger partial charge < -0.3 is 23.0 Å². The van der Waals surface area contributed by atoms with Crippen molar-refractivity contribution in [1.82, 2.24) is 0 Å². The van der Waals surface area contributed by atoms with Crippen LogP contribution in [-0.2, 0) is 4.79 Å². The smallest absolute Gasteiger partial charge is 0.352 e. The number of methoxy groups -OCH3 is 1. The average Bonchev–Trinajstić information content (AvgIpc) is 2.95. The van der Waals surface area contributed by atoms with Crippen molar-refractivity contribution in [3.63, 3.8) is 0 Å². The summed E-state index contributed by atoms with van der Waals surface area (Å²) in [5, 5.41) is 0.762. The highest BCUT2D eigenvalue weighted by molar-refractivity contribution is 5.96. The molecule has 0 aliphatic carbocycles. The van der Waals surface area contributed by atoms with E-state index in [2.05, 4.69) is 4.74 Å². The predicted octanol–water partition coefficient (Wildman–Crippen LogP) is 5.64. The third-order valence-electron chi connectivity index (χ3n) is 5.96. The van der Waals surface area contributed by atoms with Crippen molar-refractivity contribution >= 4 is 27.9 Å². The Morgan fingerprint density at radius 3 is 2.20 bits per heavy atom. The number of ether oxygens (including phenoxy) is 3. The summed E-state index contributed by atoms with van der Waals surface area (Å²) in [6, 6.07) is 11.3. The first-order chi connectivity index (χ1) is 19.5. The lowest BCUT2D eigenvalue weighted by molar-refractivity contribution is -0.141. The van der Waals surface area contributed by atoms with Crippen molar-refractivity contribution in [2.24, 2.45) is 0 Å². The number of carbonyl (C=O) groups is 1. The van der Waals surface area contributed by atoms with Gasteiger partial charge >= 0.3 is 17.2 Å². The van der Waals surface area contributed by atoms with Gasteiger partial charge in [0, 0.05) is 28.5 Å². The van der Waals surface area contributed by atoms with Crippen LogP contribution in [0.15, 0.2) is 67.0 Å². The standard InChI is InChI=1S/C28H15F5O8/c1-11(38-26-23(32)21(30)20(29)22(31)24(26)33)27(35)39-13-6-7-14-15(10-19(34)40-18(14)9-13)16-8-12-4-3-5-17(37-2)25(12)41-28(16)36/h3-11H,1-2H3. The van der Waals surface area contributed by atoms with Gasteiger partial charge in [-0.25, -0.2) is 27.6 Å². The van der Waals surface area contributed by atoms with E-state index in [0.29, 0.717) is 11.1 Å². The average molecular weight is 574 g/mol. The zero-order valence-corrected chi connectivity index (χ0v) is 20.9. The number of benzene rings is 3. The van der Waals surface area contributed by atoms with Gasteiger partial charge in [0.1, 0.15) is 11.3 Å². The molecule has 13 heteroatoms. The molecule has 0 bridgehead atoms. The Morgan fingerprint density at radius 1 is 0.829 bits per heavy atom. The number of hydrogen-bond acceptors (Lipinski definition) is 8. The Kier molecular flexibility index (Phi) is 6.95. The fourth-order valence-corrected chi connectivity index (χ4v) is 4.01. The maximum Gasteiger partial charge on any atom is 0.352 e. The largest absolute Gasteiger partial charge is 0.493 e. The second-order valence-electron chi connectivity index (χ2n) is 8.54. The van der Waals surface area contributed by atoms with E-state index >= 15 is 0 Å². The summed E-state index contributed by atoms with van der Waals surface area (Å²) in [4.78, 5) is 37.7. The third-order valence-corrected chi connectivity index (χ3v) is 5.96. The quantitative estimate of drug-likeness (QED) is 0.0641. The van der Waals surface area contributed by atoms with E-state index in [4.69, 9.17) is 18.3 Å². The second kappa shape index (κ2) is 10.4. The topological polar surface area (TPSA) is 105 Å². The highest BCUT2D eigenvalue weighted by Gasteiger charge is 2.30. The van der Waals surface area contributed by atoms with Crippen LogP contribution in [0.3, 0.4) is 0 Å². The van der Waals surface area contributed by atoms with Gasteiger partial charge in [-0.2, -0.15) is 8.78 Å². The molecular weight excluding hydrogens is 559 g/mol. The van der Waals surface area contributed by atoms with Crippen molar-refractivity contribution in [3.8, 4) is 28.4 Å². The molecule has 1 atom stereocenters. The van der Waals surface area contributed by atoms with Crippen molar-refractivity contribution in [2.75, 3.05) is 7.11 Å². The molecule has 0 amide bonds. The van der Waals surface area contributed by atoms with Crippen molar-refractivity contribution in [2.45, 2.75) is 13.0 Å². The first-order valence-corrected chi connectivity index (χ1v) is 11.6. The normalized spacial score (nSPS) is 12.0. The fraction of sp³-hybridized carbons (Fsp3) is 0.107. The molecule has 2 aromatic heterocycles. The zero-order chi connectivity index (χ0) is 29.6. The summed E-state index contributed by atoms with van der Waals surface area (Å²) in [5.74, 6) is -14.3. The highest BCUT2D eigenvalue weighted by atomic mass is 19.2. The van der Waals surface area contributed by atoms with Crippen LogP contribution in [0.25, 0.3) is 33.1 Å². The Bertz CT molecular complexity index is 1950. The molecule has 0 saturated carbocycles. The second-order valence-corrected chi connectivity index (χ2v) is 8.54. The Balaban J connectivity index is 1.47. The molecule has 8 nitrogen and oxygen atoms in total. The van der Waals surface area contributed by atoms with Crippen LogP contribution in [0.4, 0.5) is 22.0 Å². The lowest BCUT2D eigenvalue weighted by atomic mass is 10.0. The Hall–Kier alpha value is -5.20. The number of esters is 1. The van der Waals surface area contributed by atoms with E-state index in [1.807, 2.05) is 0 Å². The van der Waals surface area contributed by atoms with Crippen LogP contribution in [0.1, 0.15) is 6.92 Å². The number of hydrogen-bond donors (Lipinski definition) is 0. The summed E-state index contributed by atoms with van der Waals surface area (Å²) in [6.07, 6.45) is -1.84. The monoisotopic (exact) mass is 574 g/mol. The molecule has 0 radical (unpaired) electrons. The molecule has 0 N–H and O–H groups in total. The minimum absolute atomic E-state index is 0.0261. The summed E-state index contributed by atoms with van der Waals surface area (Å²) < 4.78 is 93.6. The van der Waals surface area contributed by atoms with Gasteiger partial charge in [0.05, 0.1) is 12.7 Å². The molecule has 210 valence electrons. The van der Waals surface area contributed by atoms with Gasteiger partial charge in [-0.3, -0.25) is 0 Å². The van der Waals surface area contributed by atoms with Gasteiger partial charge in [-0.1, -0.05) is 12.1 Å². The highest BCUT2D eigenvalue weighted by Crippen LogP contribution is 2.33. The Labute approximate surface area is 225 Å². The molecule has 5 aromatic rings. The lowest BCUT2D eigenvalue weighted by Gasteiger charge is -2.16. The van der Waals surface area contributed by atoms with Gasteiger partial charge in [-0.05, 0) is 31.2 Å². The molecular formula is C28H15F5O8. The molecule has 0 aliphatic rings. The van der Waals surface area contributed by atoms with E-state index in [-0.39, 0.29) is 33.4 Å². The van der Waals surface area contributed by atoms with Crippen molar-refractivity contribution in [3.05, 3.63) is 98.5 Å². The summed E-state index contributed by atoms with van der Waals surface area (Å²) in [5.41, 5.74) is -1.37. The third kappa shape index (κ3) is 4.86. The zero-order valence-electron chi connectivity index (χ0n) is 20.9. The molecule has 1 unspecified atom stereocenters. The maximum absolute atomic E-state index is 13.9. The van der Waals surface area contributed by atoms with Crippen LogP contribution in [-0.4, -0.2) is 19.2 Å². The van der Waals surface area contributed by atoms with E-state index in [1.54, 1.807) is 18.2 Å². The van der Waals surface area contributed by atoms with Crippen molar-refractivity contribution in [1.29, 1.82) is 0 Å². The lowest BCUT2D eigenvalue weighted by Crippen LogP contribution is -2.29. The number of carbonyl (C=O) groups excluding carboxylic acids is 1. The van der Waals surface area contributed by atoms with E-state index < -0.39 is 58.2 Å². The minimum atomic E-state index is -2.39.